The first-order valence-electron chi connectivity index (χ1n) is 7.48. The van der Waals surface area contributed by atoms with Crippen LogP contribution in [0.25, 0.3) is 0 Å². The van der Waals surface area contributed by atoms with Crippen LogP contribution in [0.3, 0.4) is 0 Å². The van der Waals surface area contributed by atoms with Gasteiger partial charge in [-0.05, 0) is 49.7 Å². The molecule has 0 aliphatic heterocycles. The minimum atomic E-state index is -0.287. The zero-order valence-corrected chi connectivity index (χ0v) is 13.9. The van der Waals surface area contributed by atoms with E-state index in [0.29, 0.717) is 21.8 Å². The molecule has 2 N–H and O–H groups in total. The van der Waals surface area contributed by atoms with Gasteiger partial charge in [-0.25, -0.2) is 0 Å². The third-order valence-electron chi connectivity index (χ3n) is 3.52. The lowest BCUT2D eigenvalue weighted by molar-refractivity contribution is 0.0940. The van der Waals surface area contributed by atoms with Crippen molar-refractivity contribution in [1.29, 1.82) is 0 Å². The molecule has 2 aromatic carbocycles. The molecule has 4 nitrogen and oxygen atoms in total. The average Bonchev–Trinajstić information content (AvgIpc) is 2.55. The van der Waals surface area contributed by atoms with Gasteiger partial charge in [-0.2, -0.15) is 0 Å². The maximum Gasteiger partial charge on any atom is 0.255 e. The number of para-hydroxylation sites is 1. The first kappa shape index (κ1) is 17.0. The Morgan fingerprint density at radius 3 is 2.35 bits per heavy atom. The highest BCUT2D eigenvalue weighted by atomic mass is 35.5. The maximum absolute atomic E-state index is 12.3. The predicted molar refractivity (Wildman–Crippen MR) is 93.1 cm³/mol. The van der Waals surface area contributed by atoms with Crippen LogP contribution in [-0.2, 0) is 0 Å². The Bertz CT molecular complexity index is 698. The van der Waals surface area contributed by atoms with Crippen molar-refractivity contribution in [3.8, 4) is 0 Å². The normalized spacial score (nSPS) is 11.6. The first-order chi connectivity index (χ1) is 11.0. The molecule has 0 aromatic heterocycles. The van der Waals surface area contributed by atoms with E-state index in [4.69, 9.17) is 11.6 Å². The molecule has 0 saturated heterocycles. The SMILES string of the molecule is CC[C@H](C)NC(=O)c1ccccc1NC(=O)c1ccc(Cl)cc1. The molecule has 0 bridgehead atoms. The van der Waals surface area contributed by atoms with Crippen LogP contribution in [0.15, 0.2) is 48.5 Å². The number of anilines is 1. The standard InChI is InChI=1S/C18H19ClN2O2/c1-3-12(2)20-18(23)15-6-4-5-7-16(15)21-17(22)13-8-10-14(19)11-9-13/h4-12H,3H2,1-2H3,(H,20,23)(H,21,22)/t12-/m0/s1. The van der Waals surface area contributed by atoms with Gasteiger partial charge in [0.15, 0.2) is 0 Å². The van der Waals surface area contributed by atoms with Crippen molar-refractivity contribution >= 4 is 29.1 Å². The van der Waals surface area contributed by atoms with E-state index < -0.39 is 0 Å². The predicted octanol–water partition coefficient (Wildman–Crippen LogP) is 4.12. The van der Waals surface area contributed by atoms with Gasteiger partial charge in [0.25, 0.3) is 11.8 Å². The highest BCUT2D eigenvalue weighted by molar-refractivity contribution is 6.30. The smallest absolute Gasteiger partial charge is 0.255 e. The number of hydrogen-bond donors (Lipinski definition) is 2. The van der Waals surface area contributed by atoms with E-state index in [2.05, 4.69) is 10.6 Å². The molecular weight excluding hydrogens is 312 g/mol. The minimum Gasteiger partial charge on any atom is -0.350 e. The molecule has 0 fully saturated rings. The molecule has 0 radical (unpaired) electrons. The van der Waals surface area contributed by atoms with Crippen LogP contribution in [-0.4, -0.2) is 17.9 Å². The summed E-state index contributed by atoms with van der Waals surface area (Å²) in [7, 11) is 0. The zero-order valence-electron chi connectivity index (χ0n) is 13.1. The van der Waals surface area contributed by atoms with Gasteiger partial charge in [0.05, 0.1) is 11.3 Å². The van der Waals surface area contributed by atoms with Gasteiger partial charge < -0.3 is 10.6 Å². The number of benzene rings is 2. The molecule has 0 saturated carbocycles. The van der Waals surface area contributed by atoms with E-state index in [-0.39, 0.29) is 17.9 Å². The van der Waals surface area contributed by atoms with Crippen LogP contribution in [0.1, 0.15) is 41.0 Å². The van der Waals surface area contributed by atoms with Gasteiger partial charge in [-0.15, -0.1) is 0 Å². The van der Waals surface area contributed by atoms with E-state index in [0.717, 1.165) is 6.42 Å². The molecule has 0 aliphatic rings. The number of hydrogen-bond acceptors (Lipinski definition) is 2. The average molecular weight is 331 g/mol. The summed E-state index contributed by atoms with van der Waals surface area (Å²) in [5.74, 6) is -0.489. The number of nitrogens with one attached hydrogen (secondary N) is 2. The van der Waals surface area contributed by atoms with Crippen molar-refractivity contribution in [1.82, 2.24) is 5.32 Å². The Kier molecular flexibility index (Phi) is 5.77. The lowest BCUT2D eigenvalue weighted by Gasteiger charge is -2.14. The highest BCUT2D eigenvalue weighted by Gasteiger charge is 2.15. The van der Waals surface area contributed by atoms with Gasteiger partial charge in [-0.1, -0.05) is 30.7 Å². The van der Waals surface area contributed by atoms with Crippen molar-refractivity contribution < 1.29 is 9.59 Å². The summed E-state index contributed by atoms with van der Waals surface area (Å²) >= 11 is 5.82. The molecule has 0 spiro atoms. The second-order valence-electron chi connectivity index (χ2n) is 5.29. The fourth-order valence-corrected chi connectivity index (χ4v) is 2.12. The lowest BCUT2D eigenvalue weighted by Crippen LogP contribution is -2.32. The topological polar surface area (TPSA) is 58.2 Å². The largest absolute Gasteiger partial charge is 0.350 e. The monoisotopic (exact) mass is 330 g/mol. The number of amides is 2. The van der Waals surface area contributed by atoms with E-state index in [1.807, 2.05) is 13.8 Å². The summed E-state index contributed by atoms with van der Waals surface area (Å²) in [6.45, 7) is 3.94. The molecule has 120 valence electrons. The van der Waals surface area contributed by atoms with E-state index in [9.17, 15) is 9.59 Å². The van der Waals surface area contributed by atoms with Crippen LogP contribution in [0.4, 0.5) is 5.69 Å². The molecule has 23 heavy (non-hydrogen) atoms. The molecule has 2 amide bonds. The van der Waals surface area contributed by atoms with Crippen molar-refractivity contribution in [2.75, 3.05) is 5.32 Å². The Labute approximate surface area is 140 Å². The van der Waals surface area contributed by atoms with E-state index >= 15 is 0 Å². The molecule has 0 unspecified atom stereocenters. The fourth-order valence-electron chi connectivity index (χ4n) is 1.99. The second-order valence-corrected chi connectivity index (χ2v) is 5.73. The van der Waals surface area contributed by atoms with Crippen LogP contribution >= 0.6 is 11.6 Å². The van der Waals surface area contributed by atoms with Gasteiger partial charge in [0.2, 0.25) is 0 Å². The molecule has 1 atom stereocenters. The Morgan fingerprint density at radius 2 is 1.70 bits per heavy atom. The van der Waals surface area contributed by atoms with Gasteiger partial charge in [0, 0.05) is 16.6 Å². The molecule has 0 heterocycles. The summed E-state index contributed by atoms with van der Waals surface area (Å²) in [5.41, 5.74) is 1.40. The van der Waals surface area contributed by atoms with E-state index in [1.165, 1.54) is 0 Å². The fraction of sp³-hybridized carbons (Fsp3) is 0.222. The van der Waals surface area contributed by atoms with Crippen LogP contribution in [0.2, 0.25) is 5.02 Å². The van der Waals surface area contributed by atoms with Crippen LogP contribution in [0.5, 0.6) is 0 Å². The highest BCUT2D eigenvalue weighted by Crippen LogP contribution is 2.17. The van der Waals surface area contributed by atoms with Gasteiger partial charge >= 0.3 is 0 Å². The minimum absolute atomic E-state index is 0.0718. The van der Waals surface area contributed by atoms with Gasteiger partial charge in [0.1, 0.15) is 0 Å². The number of carbonyl (C=O) groups excluding carboxylic acids is 2. The summed E-state index contributed by atoms with van der Waals surface area (Å²) in [5, 5.41) is 6.24. The second kappa shape index (κ2) is 7.79. The molecular formula is C18H19ClN2O2. The molecule has 2 rings (SSSR count). The quantitative estimate of drug-likeness (QED) is 0.866. The Balaban J connectivity index is 2.18. The first-order valence-corrected chi connectivity index (χ1v) is 7.86. The summed E-state index contributed by atoms with van der Waals surface area (Å²) in [6, 6.07) is 13.6. The lowest BCUT2D eigenvalue weighted by atomic mass is 10.1. The van der Waals surface area contributed by atoms with Crippen molar-refractivity contribution in [3.05, 3.63) is 64.7 Å². The van der Waals surface area contributed by atoms with Gasteiger partial charge in [-0.3, -0.25) is 9.59 Å². The number of carbonyl (C=O) groups is 2. The van der Waals surface area contributed by atoms with Crippen molar-refractivity contribution in [3.63, 3.8) is 0 Å². The Morgan fingerprint density at radius 1 is 1.04 bits per heavy atom. The molecule has 5 heteroatoms. The maximum atomic E-state index is 12.3. The van der Waals surface area contributed by atoms with Crippen LogP contribution < -0.4 is 10.6 Å². The third kappa shape index (κ3) is 4.57. The van der Waals surface area contributed by atoms with E-state index in [1.54, 1.807) is 48.5 Å². The summed E-state index contributed by atoms with van der Waals surface area (Å²) < 4.78 is 0. The zero-order chi connectivity index (χ0) is 16.8. The summed E-state index contributed by atoms with van der Waals surface area (Å²) in [4.78, 5) is 24.6. The van der Waals surface area contributed by atoms with Crippen LogP contribution in [0, 0.1) is 0 Å². The third-order valence-corrected chi connectivity index (χ3v) is 3.77. The van der Waals surface area contributed by atoms with Crippen molar-refractivity contribution in [2.45, 2.75) is 26.3 Å². The number of halogens is 1. The van der Waals surface area contributed by atoms with Crippen molar-refractivity contribution in [2.24, 2.45) is 0 Å². The molecule has 0 aliphatic carbocycles. The Hall–Kier alpha value is -2.33. The summed E-state index contributed by atoms with van der Waals surface area (Å²) in [6.07, 6.45) is 0.838. The number of rotatable bonds is 5. The molecule has 2 aromatic rings.